The zero-order valence-corrected chi connectivity index (χ0v) is 25.1. The number of thiol groups is 1. The molecular formula is C30H34Cl2FN3O3S. The molecule has 2 fully saturated rings. The zero-order valence-electron chi connectivity index (χ0n) is 22.7. The number of nitrogens with one attached hydrogen (secondary N) is 3. The highest BCUT2D eigenvalue weighted by Gasteiger charge is 2.66. The summed E-state index contributed by atoms with van der Waals surface area (Å²) < 4.78 is 15.9. The Morgan fingerprint density at radius 2 is 1.82 bits per heavy atom. The molecule has 6 nitrogen and oxygen atoms in total. The van der Waals surface area contributed by atoms with Crippen LogP contribution in [-0.4, -0.2) is 35.1 Å². The van der Waals surface area contributed by atoms with E-state index in [1.807, 2.05) is 0 Å². The summed E-state index contributed by atoms with van der Waals surface area (Å²) in [5.74, 6) is -2.27. The topological polar surface area (TPSA) is 87.3 Å². The normalized spacial score (nSPS) is 29.8. The summed E-state index contributed by atoms with van der Waals surface area (Å²) in [7, 11) is 0. The number of rotatable bonds is 5. The molecule has 3 aliphatic rings. The molecule has 5 rings (SSSR count). The van der Waals surface area contributed by atoms with E-state index in [1.165, 1.54) is 6.07 Å². The van der Waals surface area contributed by atoms with Crippen molar-refractivity contribution in [3.8, 4) is 0 Å². The van der Waals surface area contributed by atoms with Gasteiger partial charge in [0, 0.05) is 34.6 Å². The van der Waals surface area contributed by atoms with E-state index in [9.17, 15) is 14.4 Å². The minimum Gasteiger partial charge on any atom is -0.352 e. The number of hydrogen-bond donors (Lipinski definition) is 4. The molecule has 2 heterocycles. The van der Waals surface area contributed by atoms with Crippen LogP contribution in [0.15, 0.2) is 36.4 Å². The summed E-state index contributed by atoms with van der Waals surface area (Å²) in [6.45, 7) is 6.21. The van der Waals surface area contributed by atoms with E-state index < -0.39 is 29.2 Å². The first-order valence-corrected chi connectivity index (χ1v) is 14.9. The van der Waals surface area contributed by atoms with E-state index in [0.29, 0.717) is 48.4 Å². The van der Waals surface area contributed by atoms with Gasteiger partial charge in [-0.1, -0.05) is 62.2 Å². The number of fused-ring (bicyclic) bond motifs is 2. The second-order valence-electron chi connectivity index (χ2n) is 12.5. The number of carbonyl (C=O) groups excluding carboxylic acids is 3. The maximum Gasteiger partial charge on any atom is 0.238 e. The highest BCUT2D eigenvalue weighted by Crippen LogP contribution is 2.57. The standard InChI is InChI=1S/C30H34Cl2FN3O3S/c1-29(2,3)14-22-30(19-12-9-16(31)13-21(19)35-28(30)39)23(18-5-4-6-20(32)24(18)33)25(36-22)26(37)34-17-10-7-15(8-11-17)27(38)40/h4-6,9,12-13,15,17,22-23,25,36H,7-8,10-11,14H2,1-3H3,(H,34,37)(H,35,39)(H,38,40)/t15-,17-,22-,23-,25+,30+/m0/s1. The molecule has 4 atom stereocenters. The average molecular weight is 607 g/mol. The molecule has 0 bridgehead atoms. The lowest BCUT2D eigenvalue weighted by atomic mass is 9.62. The van der Waals surface area contributed by atoms with Crippen LogP contribution >= 0.6 is 35.8 Å². The Balaban J connectivity index is 1.62. The third-order valence-electron chi connectivity index (χ3n) is 8.64. The van der Waals surface area contributed by atoms with Crippen LogP contribution < -0.4 is 16.0 Å². The van der Waals surface area contributed by atoms with Gasteiger partial charge < -0.3 is 16.0 Å². The van der Waals surface area contributed by atoms with E-state index in [2.05, 4.69) is 49.4 Å². The van der Waals surface area contributed by atoms with E-state index in [1.54, 1.807) is 30.3 Å². The Kier molecular flexibility index (Phi) is 8.03. The first-order chi connectivity index (χ1) is 18.8. The largest absolute Gasteiger partial charge is 0.352 e. The highest BCUT2D eigenvalue weighted by molar-refractivity contribution is 7.96. The van der Waals surface area contributed by atoms with E-state index in [4.69, 9.17) is 23.2 Å². The predicted octanol–water partition coefficient (Wildman–Crippen LogP) is 6.01. The number of carbonyl (C=O) groups is 3. The van der Waals surface area contributed by atoms with Crippen molar-refractivity contribution in [1.29, 1.82) is 0 Å². The molecule has 1 saturated carbocycles. The van der Waals surface area contributed by atoms with Gasteiger partial charge >= 0.3 is 0 Å². The molecular weight excluding hydrogens is 572 g/mol. The first-order valence-electron chi connectivity index (χ1n) is 13.7. The van der Waals surface area contributed by atoms with Crippen molar-refractivity contribution in [2.45, 2.75) is 82.3 Å². The van der Waals surface area contributed by atoms with E-state index >= 15 is 4.39 Å². The van der Waals surface area contributed by atoms with Crippen molar-refractivity contribution < 1.29 is 18.8 Å². The Morgan fingerprint density at radius 1 is 1.12 bits per heavy atom. The maximum absolute atomic E-state index is 15.9. The van der Waals surface area contributed by atoms with Gasteiger partial charge in [0.15, 0.2) is 5.12 Å². The summed E-state index contributed by atoms with van der Waals surface area (Å²) >= 11 is 16.5. The molecule has 2 amide bonds. The summed E-state index contributed by atoms with van der Waals surface area (Å²) in [6, 6.07) is 8.38. The van der Waals surface area contributed by atoms with Crippen LogP contribution in [0.5, 0.6) is 0 Å². The van der Waals surface area contributed by atoms with Gasteiger partial charge in [-0.3, -0.25) is 14.4 Å². The van der Waals surface area contributed by atoms with Gasteiger partial charge in [0.2, 0.25) is 11.8 Å². The van der Waals surface area contributed by atoms with Crippen LogP contribution in [-0.2, 0) is 19.8 Å². The van der Waals surface area contributed by atoms with Gasteiger partial charge in [-0.25, -0.2) is 4.39 Å². The average Bonchev–Trinajstić information content (AvgIpc) is 3.35. The molecule has 0 radical (unpaired) electrons. The summed E-state index contributed by atoms with van der Waals surface area (Å²) in [5, 5.41) is 9.89. The van der Waals surface area contributed by atoms with Crippen molar-refractivity contribution in [1.82, 2.24) is 10.6 Å². The number of benzene rings is 2. The fourth-order valence-electron chi connectivity index (χ4n) is 6.93. The minimum absolute atomic E-state index is 0.0736. The van der Waals surface area contributed by atoms with Crippen molar-refractivity contribution in [2.75, 3.05) is 5.32 Å². The molecule has 40 heavy (non-hydrogen) atoms. The number of hydrogen-bond acceptors (Lipinski definition) is 4. The van der Waals surface area contributed by atoms with E-state index in [-0.39, 0.29) is 44.9 Å². The lowest BCUT2D eigenvalue weighted by molar-refractivity contribution is -0.124. The molecule has 1 aliphatic carbocycles. The molecule has 214 valence electrons. The number of amides is 2. The van der Waals surface area contributed by atoms with Gasteiger partial charge in [0.1, 0.15) is 11.2 Å². The molecule has 10 heteroatoms. The monoisotopic (exact) mass is 605 g/mol. The fraction of sp³-hybridized carbons (Fsp3) is 0.500. The maximum atomic E-state index is 15.9. The summed E-state index contributed by atoms with van der Waals surface area (Å²) in [6.07, 6.45) is 3.11. The molecule has 0 aromatic heterocycles. The Labute approximate surface area is 249 Å². The van der Waals surface area contributed by atoms with Crippen molar-refractivity contribution >= 4 is 58.4 Å². The molecule has 1 spiro atoms. The Bertz CT molecular complexity index is 1360. The van der Waals surface area contributed by atoms with Crippen molar-refractivity contribution in [2.24, 2.45) is 11.3 Å². The Morgan fingerprint density at radius 3 is 2.48 bits per heavy atom. The molecule has 2 aliphatic heterocycles. The number of anilines is 1. The van der Waals surface area contributed by atoms with Gasteiger partial charge in [-0.15, -0.1) is 12.6 Å². The number of halogens is 3. The van der Waals surface area contributed by atoms with Crippen LogP contribution in [0, 0.1) is 17.2 Å². The van der Waals surface area contributed by atoms with Gasteiger partial charge in [0.05, 0.1) is 11.1 Å². The second kappa shape index (κ2) is 10.9. The highest BCUT2D eigenvalue weighted by atomic mass is 35.5. The lowest BCUT2D eigenvalue weighted by Gasteiger charge is -2.38. The SMILES string of the molecule is CC(C)(C)C[C@@H]1N[C@@H](C(=O)N[C@H]2CC[C@H](C(=O)S)CC2)[C@H](c2cccc(Cl)c2F)[C@]12C(=O)Nc1cc(Cl)ccc12. The van der Waals surface area contributed by atoms with Gasteiger partial charge in [0.25, 0.3) is 0 Å². The zero-order chi connectivity index (χ0) is 29.0. The van der Waals surface area contributed by atoms with Gasteiger partial charge in [-0.2, -0.15) is 0 Å². The molecule has 2 aromatic rings. The van der Waals surface area contributed by atoms with Crippen LogP contribution in [0.4, 0.5) is 10.1 Å². The summed E-state index contributed by atoms with van der Waals surface area (Å²) in [4.78, 5) is 40.0. The van der Waals surface area contributed by atoms with Crippen LogP contribution in [0.2, 0.25) is 10.0 Å². The molecule has 0 unspecified atom stereocenters. The third kappa shape index (κ3) is 5.17. The van der Waals surface area contributed by atoms with Crippen molar-refractivity contribution in [3.05, 3.63) is 63.4 Å². The molecule has 1 saturated heterocycles. The van der Waals surface area contributed by atoms with Gasteiger partial charge in [-0.05, 0) is 66.8 Å². The summed E-state index contributed by atoms with van der Waals surface area (Å²) in [5.41, 5.74) is -0.0752. The van der Waals surface area contributed by atoms with Crippen LogP contribution in [0.3, 0.4) is 0 Å². The smallest absolute Gasteiger partial charge is 0.238 e. The fourth-order valence-corrected chi connectivity index (χ4v) is 7.54. The lowest BCUT2D eigenvalue weighted by Crippen LogP contribution is -2.50. The predicted molar refractivity (Wildman–Crippen MR) is 159 cm³/mol. The first kappa shape index (κ1) is 29.4. The molecule has 2 aromatic carbocycles. The quantitative estimate of drug-likeness (QED) is 0.314. The minimum atomic E-state index is -1.29. The molecule has 3 N–H and O–H groups in total. The van der Waals surface area contributed by atoms with Crippen molar-refractivity contribution in [3.63, 3.8) is 0 Å². The second-order valence-corrected chi connectivity index (χ2v) is 13.8. The Hall–Kier alpha value is -2.13. The van der Waals surface area contributed by atoms with Crippen LogP contribution in [0.25, 0.3) is 0 Å². The van der Waals surface area contributed by atoms with E-state index in [0.717, 1.165) is 0 Å². The van der Waals surface area contributed by atoms with Crippen LogP contribution in [0.1, 0.15) is 69.9 Å². The third-order valence-corrected chi connectivity index (χ3v) is 9.54.